The Morgan fingerprint density at radius 2 is 2.12 bits per heavy atom. The SMILES string of the molecule is CCc1ccccc1C(N)c1cc(Cl)c(Br)s1. The number of benzene rings is 1. The van der Waals surface area contributed by atoms with Gasteiger partial charge in [0.15, 0.2) is 0 Å². The lowest BCUT2D eigenvalue weighted by molar-refractivity contribution is 0.868. The molecular formula is C13H13BrClNS. The van der Waals surface area contributed by atoms with E-state index in [1.165, 1.54) is 11.1 Å². The van der Waals surface area contributed by atoms with Gasteiger partial charge in [-0.1, -0.05) is 42.8 Å². The van der Waals surface area contributed by atoms with Crippen LogP contribution in [0.15, 0.2) is 34.1 Å². The van der Waals surface area contributed by atoms with Crippen LogP contribution in [0.25, 0.3) is 0 Å². The van der Waals surface area contributed by atoms with E-state index in [2.05, 4.69) is 35.0 Å². The van der Waals surface area contributed by atoms with Crippen LogP contribution in [-0.2, 0) is 6.42 Å². The fourth-order valence-corrected chi connectivity index (χ4v) is 3.60. The van der Waals surface area contributed by atoms with Crippen LogP contribution in [0.4, 0.5) is 0 Å². The second-order valence-corrected chi connectivity index (χ2v) is 6.61. The van der Waals surface area contributed by atoms with Gasteiger partial charge in [0, 0.05) is 4.88 Å². The lowest BCUT2D eigenvalue weighted by atomic mass is 9.98. The van der Waals surface area contributed by atoms with Crippen LogP contribution in [0.5, 0.6) is 0 Å². The third-order valence-electron chi connectivity index (χ3n) is 2.74. The molecule has 0 spiro atoms. The summed E-state index contributed by atoms with van der Waals surface area (Å²) in [5.74, 6) is 0. The zero-order valence-electron chi connectivity index (χ0n) is 9.41. The zero-order valence-corrected chi connectivity index (χ0v) is 12.6. The molecule has 0 saturated heterocycles. The van der Waals surface area contributed by atoms with Gasteiger partial charge in [-0.2, -0.15) is 0 Å². The molecule has 0 radical (unpaired) electrons. The molecule has 0 aliphatic rings. The van der Waals surface area contributed by atoms with Crippen molar-refractivity contribution >= 4 is 38.9 Å². The lowest BCUT2D eigenvalue weighted by Crippen LogP contribution is -2.12. The van der Waals surface area contributed by atoms with Crippen LogP contribution < -0.4 is 5.73 Å². The van der Waals surface area contributed by atoms with E-state index in [9.17, 15) is 0 Å². The molecule has 17 heavy (non-hydrogen) atoms. The predicted octanol–water partition coefficient (Wildman–Crippen LogP) is 4.77. The highest BCUT2D eigenvalue weighted by molar-refractivity contribution is 9.11. The monoisotopic (exact) mass is 329 g/mol. The summed E-state index contributed by atoms with van der Waals surface area (Å²) in [5.41, 5.74) is 8.78. The smallest absolute Gasteiger partial charge is 0.0888 e. The summed E-state index contributed by atoms with van der Waals surface area (Å²) in [4.78, 5) is 1.09. The first-order valence-corrected chi connectivity index (χ1v) is 7.40. The van der Waals surface area contributed by atoms with Gasteiger partial charge in [0.2, 0.25) is 0 Å². The first kappa shape index (κ1) is 13.1. The highest BCUT2D eigenvalue weighted by Gasteiger charge is 2.15. The summed E-state index contributed by atoms with van der Waals surface area (Å²) in [6, 6.07) is 10.1. The van der Waals surface area contributed by atoms with Crippen molar-refractivity contribution in [2.75, 3.05) is 0 Å². The molecule has 0 saturated carbocycles. The van der Waals surface area contributed by atoms with Gasteiger partial charge in [-0.3, -0.25) is 0 Å². The first-order chi connectivity index (χ1) is 8.13. The van der Waals surface area contributed by atoms with Gasteiger partial charge in [-0.15, -0.1) is 11.3 Å². The van der Waals surface area contributed by atoms with Crippen molar-refractivity contribution in [2.45, 2.75) is 19.4 Å². The number of rotatable bonds is 3. The standard InChI is InChI=1S/C13H13BrClNS/c1-2-8-5-3-4-6-9(8)12(16)11-7-10(15)13(14)17-11/h3-7,12H,2,16H2,1H3. The minimum Gasteiger partial charge on any atom is -0.320 e. The molecule has 1 nitrogen and oxygen atoms in total. The topological polar surface area (TPSA) is 26.0 Å². The number of nitrogens with two attached hydrogens (primary N) is 1. The molecule has 0 aliphatic heterocycles. The van der Waals surface area contributed by atoms with Crippen LogP contribution in [0, 0.1) is 0 Å². The maximum atomic E-state index is 6.31. The number of halogens is 2. The molecule has 4 heteroatoms. The minimum atomic E-state index is -0.0973. The van der Waals surface area contributed by atoms with E-state index in [0.29, 0.717) is 0 Å². The Balaban J connectivity index is 2.39. The molecule has 0 aliphatic carbocycles. The van der Waals surface area contributed by atoms with E-state index in [0.717, 1.165) is 20.1 Å². The molecule has 90 valence electrons. The molecule has 2 N–H and O–H groups in total. The normalized spacial score (nSPS) is 12.7. The van der Waals surface area contributed by atoms with E-state index >= 15 is 0 Å². The lowest BCUT2D eigenvalue weighted by Gasteiger charge is -2.14. The summed E-state index contributed by atoms with van der Waals surface area (Å²) >= 11 is 11.1. The van der Waals surface area contributed by atoms with E-state index < -0.39 is 0 Å². The summed E-state index contributed by atoms with van der Waals surface area (Å²) in [6.45, 7) is 2.14. The highest BCUT2D eigenvalue weighted by Crippen LogP contribution is 2.37. The van der Waals surface area contributed by atoms with Crippen molar-refractivity contribution in [3.05, 3.63) is 55.1 Å². The van der Waals surface area contributed by atoms with Gasteiger partial charge >= 0.3 is 0 Å². The molecule has 2 aromatic rings. The van der Waals surface area contributed by atoms with E-state index in [4.69, 9.17) is 17.3 Å². The Labute approximate surface area is 119 Å². The number of thiophene rings is 1. The summed E-state index contributed by atoms with van der Waals surface area (Å²) in [5, 5.41) is 0.731. The Bertz CT molecular complexity index is 504. The number of aryl methyl sites for hydroxylation is 1. The van der Waals surface area contributed by atoms with Gasteiger partial charge in [0.1, 0.15) is 0 Å². The molecule has 1 atom stereocenters. The molecule has 1 aromatic heterocycles. The maximum absolute atomic E-state index is 6.31. The zero-order chi connectivity index (χ0) is 12.4. The number of hydrogen-bond acceptors (Lipinski definition) is 2. The Kier molecular flexibility index (Phi) is 4.26. The van der Waals surface area contributed by atoms with Crippen molar-refractivity contribution in [3.63, 3.8) is 0 Å². The summed E-state index contributed by atoms with van der Waals surface area (Å²) < 4.78 is 0.943. The highest BCUT2D eigenvalue weighted by atomic mass is 79.9. The van der Waals surface area contributed by atoms with Crippen LogP contribution in [-0.4, -0.2) is 0 Å². The summed E-state index contributed by atoms with van der Waals surface area (Å²) in [7, 11) is 0. The third-order valence-corrected chi connectivity index (χ3v) is 5.30. The van der Waals surface area contributed by atoms with Crippen molar-refractivity contribution in [1.29, 1.82) is 0 Å². The van der Waals surface area contributed by atoms with E-state index in [1.807, 2.05) is 18.2 Å². The van der Waals surface area contributed by atoms with Gasteiger partial charge in [0.25, 0.3) is 0 Å². The van der Waals surface area contributed by atoms with Crippen molar-refractivity contribution in [2.24, 2.45) is 5.73 Å². The molecule has 2 rings (SSSR count). The maximum Gasteiger partial charge on any atom is 0.0888 e. The molecule has 0 bridgehead atoms. The van der Waals surface area contributed by atoms with Crippen molar-refractivity contribution in [3.8, 4) is 0 Å². The van der Waals surface area contributed by atoms with Gasteiger partial charge in [-0.05, 0) is 39.5 Å². The van der Waals surface area contributed by atoms with Gasteiger partial charge < -0.3 is 5.73 Å². The van der Waals surface area contributed by atoms with Gasteiger partial charge in [-0.25, -0.2) is 0 Å². The van der Waals surface area contributed by atoms with E-state index in [-0.39, 0.29) is 6.04 Å². The molecule has 0 fully saturated rings. The van der Waals surface area contributed by atoms with Crippen molar-refractivity contribution < 1.29 is 0 Å². The van der Waals surface area contributed by atoms with Crippen LogP contribution in [0.2, 0.25) is 5.02 Å². The Morgan fingerprint density at radius 1 is 1.41 bits per heavy atom. The van der Waals surface area contributed by atoms with Gasteiger partial charge in [0.05, 0.1) is 14.9 Å². The van der Waals surface area contributed by atoms with E-state index in [1.54, 1.807) is 11.3 Å². The first-order valence-electron chi connectivity index (χ1n) is 5.41. The van der Waals surface area contributed by atoms with Crippen LogP contribution >= 0.6 is 38.9 Å². The van der Waals surface area contributed by atoms with Crippen LogP contribution in [0.1, 0.15) is 29.0 Å². The second kappa shape index (κ2) is 5.53. The second-order valence-electron chi connectivity index (χ2n) is 3.80. The largest absolute Gasteiger partial charge is 0.320 e. The Morgan fingerprint density at radius 3 is 2.71 bits per heavy atom. The average molecular weight is 331 g/mol. The Hall–Kier alpha value is -0.350. The third kappa shape index (κ3) is 2.74. The average Bonchev–Trinajstić information content (AvgIpc) is 2.68. The fraction of sp³-hybridized carbons (Fsp3) is 0.231. The fourth-order valence-electron chi connectivity index (χ4n) is 1.83. The molecular weight excluding hydrogens is 318 g/mol. The predicted molar refractivity (Wildman–Crippen MR) is 78.9 cm³/mol. The van der Waals surface area contributed by atoms with Crippen molar-refractivity contribution in [1.82, 2.24) is 0 Å². The molecule has 1 heterocycles. The molecule has 1 unspecified atom stereocenters. The van der Waals surface area contributed by atoms with Crippen LogP contribution in [0.3, 0.4) is 0 Å². The summed E-state index contributed by atoms with van der Waals surface area (Å²) in [6.07, 6.45) is 0.990. The molecule has 0 amide bonds. The minimum absolute atomic E-state index is 0.0973. The quantitative estimate of drug-likeness (QED) is 0.861. The molecule has 1 aromatic carbocycles. The number of hydrogen-bond donors (Lipinski definition) is 1.